The Kier molecular flexibility index (Phi) is 5.94. The van der Waals surface area contributed by atoms with E-state index >= 15 is 0 Å². The van der Waals surface area contributed by atoms with Gasteiger partial charge in [0.2, 0.25) is 0 Å². The van der Waals surface area contributed by atoms with Crippen LogP contribution >= 0.6 is 0 Å². The van der Waals surface area contributed by atoms with E-state index < -0.39 is 0 Å². The Morgan fingerprint density at radius 2 is 1.95 bits per heavy atom. The van der Waals surface area contributed by atoms with Crippen molar-refractivity contribution in [3.63, 3.8) is 0 Å². The van der Waals surface area contributed by atoms with Crippen LogP contribution in [0.4, 0.5) is 5.69 Å². The van der Waals surface area contributed by atoms with Crippen LogP contribution in [0.5, 0.6) is 0 Å². The molecule has 112 valence electrons. The second kappa shape index (κ2) is 8.19. The highest BCUT2D eigenvalue weighted by molar-refractivity contribution is 5.89. The van der Waals surface area contributed by atoms with E-state index in [9.17, 15) is 4.79 Å². The highest BCUT2D eigenvalue weighted by Gasteiger charge is 2.05. The minimum atomic E-state index is -0.314. The Hall–Kier alpha value is -2.17. The van der Waals surface area contributed by atoms with Crippen LogP contribution in [-0.2, 0) is 4.74 Å². The molecule has 0 amide bonds. The lowest BCUT2D eigenvalue weighted by atomic mass is 10.1. The van der Waals surface area contributed by atoms with Gasteiger partial charge in [-0.2, -0.15) is 10.2 Å². The monoisotopic (exact) mass is 287 g/mol. The zero-order valence-corrected chi connectivity index (χ0v) is 12.4. The molecule has 0 radical (unpaired) electrons. The van der Waals surface area contributed by atoms with E-state index in [2.05, 4.69) is 15.1 Å². The van der Waals surface area contributed by atoms with Gasteiger partial charge >= 0.3 is 5.97 Å². The van der Waals surface area contributed by atoms with Crippen LogP contribution in [0.15, 0.2) is 46.9 Å². The summed E-state index contributed by atoms with van der Waals surface area (Å²) < 4.78 is 4.92. The smallest absolute Gasteiger partial charge is 0.338 e. The molecular formula is C16H21N3O2. The third-order valence-electron chi connectivity index (χ3n) is 3.29. The van der Waals surface area contributed by atoms with Crippen molar-refractivity contribution in [2.24, 2.45) is 10.2 Å². The van der Waals surface area contributed by atoms with E-state index in [1.807, 2.05) is 6.20 Å². The summed E-state index contributed by atoms with van der Waals surface area (Å²) in [6.45, 7) is 4.36. The molecule has 1 aromatic carbocycles. The number of hydrogen-bond donors (Lipinski definition) is 0. The maximum Gasteiger partial charge on any atom is 0.338 e. The van der Waals surface area contributed by atoms with E-state index in [1.54, 1.807) is 37.4 Å². The van der Waals surface area contributed by atoms with Crippen molar-refractivity contribution < 1.29 is 9.53 Å². The third-order valence-corrected chi connectivity index (χ3v) is 3.29. The first-order valence-electron chi connectivity index (χ1n) is 7.38. The first-order chi connectivity index (χ1) is 10.3. The van der Waals surface area contributed by atoms with Crippen molar-refractivity contribution in [2.75, 3.05) is 19.7 Å². The lowest BCUT2D eigenvalue weighted by molar-refractivity contribution is 0.0526. The van der Waals surface area contributed by atoms with Crippen LogP contribution in [0.3, 0.4) is 0 Å². The molecule has 1 fully saturated rings. The zero-order chi connectivity index (χ0) is 14.9. The summed E-state index contributed by atoms with van der Waals surface area (Å²) in [4.78, 5) is 13.8. The number of likely N-dealkylation sites (tertiary alicyclic amines) is 1. The van der Waals surface area contributed by atoms with Gasteiger partial charge in [-0.15, -0.1) is 0 Å². The Balaban J connectivity index is 1.86. The summed E-state index contributed by atoms with van der Waals surface area (Å²) in [5.41, 5.74) is 1.24. The fourth-order valence-electron chi connectivity index (χ4n) is 2.17. The zero-order valence-electron chi connectivity index (χ0n) is 12.4. The molecule has 1 saturated heterocycles. The molecule has 2 rings (SSSR count). The molecule has 0 N–H and O–H groups in total. The Bertz CT molecular complexity index is 503. The molecule has 5 nitrogen and oxygen atoms in total. The summed E-state index contributed by atoms with van der Waals surface area (Å²) in [5, 5.41) is 8.13. The largest absolute Gasteiger partial charge is 0.462 e. The number of carbonyl (C=O) groups excluding carboxylic acids is 1. The topological polar surface area (TPSA) is 54.3 Å². The predicted molar refractivity (Wildman–Crippen MR) is 81.5 cm³/mol. The summed E-state index contributed by atoms with van der Waals surface area (Å²) >= 11 is 0. The van der Waals surface area contributed by atoms with E-state index in [0.29, 0.717) is 17.9 Å². The maximum absolute atomic E-state index is 11.5. The molecular weight excluding hydrogens is 266 g/mol. The standard InChI is InChI=1S/C16H21N3O2/c1-2-21-16(20)14-6-8-15(9-7-14)18-17-10-13-19-11-4-3-5-12-19/h6-10,13H,2-5,11-12H2,1H3. The minimum absolute atomic E-state index is 0.314. The number of nitrogens with zero attached hydrogens (tertiary/aromatic N) is 3. The van der Waals surface area contributed by atoms with Crippen LogP contribution in [0, 0.1) is 0 Å². The van der Waals surface area contributed by atoms with Gasteiger partial charge < -0.3 is 9.64 Å². The number of hydrogen-bond acceptors (Lipinski definition) is 5. The second-order valence-electron chi connectivity index (χ2n) is 4.88. The molecule has 1 aliphatic rings. The number of ether oxygens (including phenoxy) is 1. The van der Waals surface area contributed by atoms with Crippen molar-refractivity contribution in [1.82, 2.24) is 4.90 Å². The highest BCUT2D eigenvalue weighted by Crippen LogP contribution is 2.14. The number of rotatable bonds is 5. The van der Waals surface area contributed by atoms with Crippen molar-refractivity contribution in [3.05, 3.63) is 42.2 Å². The van der Waals surface area contributed by atoms with Crippen LogP contribution < -0.4 is 0 Å². The van der Waals surface area contributed by atoms with Gasteiger partial charge in [0.05, 0.1) is 24.1 Å². The average Bonchev–Trinajstić information content (AvgIpc) is 2.53. The number of piperidine rings is 1. The highest BCUT2D eigenvalue weighted by atomic mass is 16.5. The lowest BCUT2D eigenvalue weighted by Crippen LogP contribution is -2.23. The third kappa shape index (κ3) is 5.02. The minimum Gasteiger partial charge on any atom is -0.462 e. The van der Waals surface area contributed by atoms with Gasteiger partial charge in [-0.1, -0.05) is 0 Å². The molecule has 0 aliphatic carbocycles. The Morgan fingerprint density at radius 1 is 1.24 bits per heavy atom. The van der Waals surface area contributed by atoms with Crippen molar-refractivity contribution in [2.45, 2.75) is 26.2 Å². The molecule has 0 aromatic heterocycles. The van der Waals surface area contributed by atoms with Crippen molar-refractivity contribution >= 4 is 11.7 Å². The van der Waals surface area contributed by atoms with E-state index in [-0.39, 0.29) is 5.97 Å². The van der Waals surface area contributed by atoms with Gasteiger partial charge in [-0.3, -0.25) is 0 Å². The SMILES string of the molecule is CCOC(=O)c1ccc(N=NC=CN2CCCCC2)cc1. The van der Waals surface area contributed by atoms with Gasteiger partial charge in [0.1, 0.15) is 0 Å². The fraction of sp³-hybridized carbons (Fsp3) is 0.438. The summed E-state index contributed by atoms with van der Waals surface area (Å²) in [7, 11) is 0. The molecule has 0 bridgehead atoms. The fourth-order valence-corrected chi connectivity index (χ4v) is 2.17. The molecule has 21 heavy (non-hydrogen) atoms. The molecule has 0 saturated carbocycles. The van der Waals surface area contributed by atoms with Gasteiger partial charge in [0.25, 0.3) is 0 Å². The van der Waals surface area contributed by atoms with E-state index in [1.165, 1.54) is 19.3 Å². The van der Waals surface area contributed by atoms with Gasteiger partial charge in [0, 0.05) is 19.3 Å². The van der Waals surface area contributed by atoms with Gasteiger partial charge in [-0.25, -0.2) is 4.79 Å². The predicted octanol–water partition coefficient (Wildman–Crippen LogP) is 3.90. The summed E-state index contributed by atoms with van der Waals surface area (Å²) in [5.74, 6) is -0.314. The average molecular weight is 287 g/mol. The Morgan fingerprint density at radius 3 is 2.62 bits per heavy atom. The van der Waals surface area contributed by atoms with Crippen molar-refractivity contribution in [3.8, 4) is 0 Å². The van der Waals surface area contributed by atoms with Crippen molar-refractivity contribution in [1.29, 1.82) is 0 Å². The quantitative estimate of drug-likeness (QED) is 0.609. The normalized spacial score (nSPS) is 15.8. The Labute approximate surface area is 125 Å². The number of azo groups is 1. The van der Waals surface area contributed by atoms with E-state index in [0.717, 1.165) is 13.1 Å². The molecule has 0 spiro atoms. The molecule has 0 unspecified atom stereocenters. The van der Waals surface area contributed by atoms with Gasteiger partial charge in [-0.05, 0) is 50.5 Å². The first-order valence-corrected chi connectivity index (χ1v) is 7.38. The molecule has 1 heterocycles. The van der Waals surface area contributed by atoms with Crippen LogP contribution in [0.25, 0.3) is 0 Å². The summed E-state index contributed by atoms with van der Waals surface area (Å²) in [6, 6.07) is 6.90. The van der Waals surface area contributed by atoms with Crippen LogP contribution in [0.2, 0.25) is 0 Å². The molecule has 1 aromatic rings. The number of carbonyl (C=O) groups is 1. The molecule has 5 heteroatoms. The lowest BCUT2D eigenvalue weighted by Gasteiger charge is -2.24. The van der Waals surface area contributed by atoms with Crippen LogP contribution in [0.1, 0.15) is 36.5 Å². The van der Waals surface area contributed by atoms with E-state index in [4.69, 9.17) is 4.74 Å². The second-order valence-corrected chi connectivity index (χ2v) is 4.88. The first kappa shape index (κ1) is 15.2. The number of benzene rings is 1. The molecule has 0 atom stereocenters. The number of esters is 1. The summed E-state index contributed by atoms with van der Waals surface area (Å²) in [6.07, 6.45) is 7.51. The molecule has 1 aliphatic heterocycles. The maximum atomic E-state index is 11.5. The van der Waals surface area contributed by atoms with Crippen LogP contribution in [-0.4, -0.2) is 30.6 Å². The van der Waals surface area contributed by atoms with Gasteiger partial charge in [0.15, 0.2) is 0 Å².